The number of benzene rings is 2. The molecule has 0 aliphatic carbocycles. The van der Waals surface area contributed by atoms with Crippen LogP contribution in [-0.2, 0) is 22.1 Å². The molecule has 140 valence electrons. The van der Waals surface area contributed by atoms with E-state index < -0.39 is 9.84 Å². The Morgan fingerprint density at radius 3 is 2.56 bits per heavy atom. The first-order chi connectivity index (χ1) is 12.7. The minimum Gasteiger partial charge on any atom is -0.334 e. The fourth-order valence-corrected chi connectivity index (χ4v) is 3.75. The Morgan fingerprint density at radius 2 is 1.81 bits per heavy atom. The average Bonchev–Trinajstić information content (AvgIpc) is 2.60. The number of sulfone groups is 1. The van der Waals surface area contributed by atoms with Crippen LogP contribution in [0.5, 0.6) is 0 Å². The van der Waals surface area contributed by atoms with Crippen LogP contribution >= 0.6 is 0 Å². The summed E-state index contributed by atoms with van der Waals surface area (Å²) in [5.41, 5.74) is 2.74. The highest BCUT2D eigenvalue weighted by Crippen LogP contribution is 2.16. The second-order valence-electron chi connectivity index (χ2n) is 6.67. The molecular formula is C20H21N3O3S. The third-order valence-corrected chi connectivity index (χ3v) is 5.03. The maximum absolute atomic E-state index is 12.7. The molecule has 27 heavy (non-hydrogen) atoms. The van der Waals surface area contributed by atoms with E-state index in [0.717, 1.165) is 16.6 Å². The number of hydrogen-bond acceptors (Lipinski definition) is 5. The van der Waals surface area contributed by atoms with Gasteiger partial charge in [-0.15, -0.1) is 0 Å². The van der Waals surface area contributed by atoms with Crippen molar-refractivity contribution < 1.29 is 13.2 Å². The lowest BCUT2D eigenvalue weighted by atomic mass is 10.1. The van der Waals surface area contributed by atoms with E-state index in [1.807, 2.05) is 31.2 Å². The van der Waals surface area contributed by atoms with Crippen molar-refractivity contribution >= 4 is 26.6 Å². The minimum atomic E-state index is -3.16. The normalized spacial score (nSPS) is 11.5. The summed E-state index contributed by atoms with van der Waals surface area (Å²) in [5, 5.41) is 0.990. The summed E-state index contributed by atoms with van der Waals surface area (Å²) in [6.45, 7) is 2.19. The molecule has 6 nitrogen and oxygen atoms in total. The molecule has 3 rings (SSSR count). The molecule has 0 aliphatic heterocycles. The lowest BCUT2D eigenvalue weighted by molar-refractivity contribution is 0.0781. The highest BCUT2D eigenvalue weighted by atomic mass is 32.2. The zero-order valence-corrected chi connectivity index (χ0v) is 16.3. The number of carbonyl (C=O) groups is 1. The molecule has 0 fully saturated rings. The van der Waals surface area contributed by atoms with Gasteiger partial charge in [0.2, 0.25) is 0 Å². The summed E-state index contributed by atoms with van der Waals surface area (Å²) in [6, 6.07) is 14.4. The van der Waals surface area contributed by atoms with E-state index in [-0.39, 0.29) is 18.2 Å². The van der Waals surface area contributed by atoms with Crippen molar-refractivity contribution in [3.05, 3.63) is 71.2 Å². The van der Waals surface area contributed by atoms with E-state index in [1.54, 1.807) is 31.3 Å². The second kappa shape index (κ2) is 7.44. The third kappa shape index (κ3) is 4.68. The molecule has 7 heteroatoms. The van der Waals surface area contributed by atoms with Crippen LogP contribution in [0, 0.1) is 6.92 Å². The molecule has 1 aromatic heterocycles. The van der Waals surface area contributed by atoms with Crippen molar-refractivity contribution in [1.29, 1.82) is 0 Å². The smallest absolute Gasteiger partial charge is 0.254 e. The van der Waals surface area contributed by atoms with E-state index in [9.17, 15) is 13.2 Å². The van der Waals surface area contributed by atoms with Gasteiger partial charge >= 0.3 is 0 Å². The molecule has 0 unspecified atom stereocenters. The second-order valence-corrected chi connectivity index (χ2v) is 8.81. The number of rotatable bonds is 5. The Morgan fingerprint density at radius 1 is 1.07 bits per heavy atom. The number of aryl methyl sites for hydroxylation is 1. The van der Waals surface area contributed by atoms with Crippen LogP contribution in [0.1, 0.15) is 27.4 Å². The first kappa shape index (κ1) is 19.0. The molecule has 0 bridgehead atoms. The Balaban J connectivity index is 1.81. The van der Waals surface area contributed by atoms with Crippen LogP contribution in [-0.4, -0.2) is 42.5 Å². The number of nitrogens with zero attached hydrogens (tertiary/aromatic N) is 3. The van der Waals surface area contributed by atoms with Crippen molar-refractivity contribution in [3.63, 3.8) is 0 Å². The summed E-state index contributed by atoms with van der Waals surface area (Å²) in [4.78, 5) is 23.3. The van der Waals surface area contributed by atoms with Crippen molar-refractivity contribution in [2.24, 2.45) is 0 Å². The zero-order valence-electron chi connectivity index (χ0n) is 15.5. The van der Waals surface area contributed by atoms with Crippen LogP contribution in [0.25, 0.3) is 10.9 Å². The molecule has 2 aromatic carbocycles. The molecule has 3 aromatic rings. The molecule has 0 saturated heterocycles. The number of para-hydroxylation sites is 1. The molecule has 0 radical (unpaired) electrons. The fraction of sp³-hybridized carbons (Fsp3) is 0.250. The molecule has 0 atom stereocenters. The van der Waals surface area contributed by atoms with E-state index in [2.05, 4.69) is 9.97 Å². The standard InChI is InChI=1S/C20H21N3O3S/c1-14-17-9-4-5-10-18(17)22-19(21-14)12-23(2)20(24)16-8-6-7-15(11-16)13-27(3,25)26/h4-11H,12-13H2,1-3H3. The van der Waals surface area contributed by atoms with Crippen LogP contribution in [0.2, 0.25) is 0 Å². The van der Waals surface area contributed by atoms with Crippen LogP contribution < -0.4 is 0 Å². The SMILES string of the molecule is Cc1nc(CN(C)C(=O)c2cccc(CS(C)(=O)=O)c2)nc2ccccc12. The van der Waals surface area contributed by atoms with Gasteiger partial charge in [0.25, 0.3) is 5.91 Å². The maximum atomic E-state index is 12.7. The molecular weight excluding hydrogens is 362 g/mol. The Hall–Kier alpha value is -2.80. The quantitative estimate of drug-likeness (QED) is 0.677. The third-order valence-electron chi connectivity index (χ3n) is 4.17. The topological polar surface area (TPSA) is 80.2 Å². The van der Waals surface area contributed by atoms with Crippen molar-refractivity contribution in [2.45, 2.75) is 19.2 Å². The summed E-state index contributed by atoms with van der Waals surface area (Å²) in [7, 11) is -1.48. The summed E-state index contributed by atoms with van der Waals surface area (Å²) < 4.78 is 23.0. The number of carbonyl (C=O) groups excluding carboxylic acids is 1. The van der Waals surface area contributed by atoms with Gasteiger partial charge in [0.05, 0.1) is 17.8 Å². The molecule has 1 amide bonds. The molecule has 0 saturated carbocycles. The van der Waals surface area contributed by atoms with Gasteiger partial charge in [-0.1, -0.05) is 30.3 Å². The average molecular weight is 383 g/mol. The van der Waals surface area contributed by atoms with Gasteiger partial charge < -0.3 is 4.90 Å². The number of aromatic nitrogens is 2. The van der Waals surface area contributed by atoms with Crippen LogP contribution in [0.4, 0.5) is 0 Å². The lowest BCUT2D eigenvalue weighted by Crippen LogP contribution is -2.27. The largest absolute Gasteiger partial charge is 0.334 e. The maximum Gasteiger partial charge on any atom is 0.254 e. The number of hydrogen-bond donors (Lipinski definition) is 0. The first-order valence-corrected chi connectivity index (χ1v) is 10.5. The summed E-state index contributed by atoms with van der Waals surface area (Å²) in [6.07, 6.45) is 1.17. The van der Waals surface area contributed by atoms with Gasteiger partial charge in [-0.2, -0.15) is 0 Å². The van der Waals surface area contributed by atoms with Crippen molar-refractivity contribution in [1.82, 2.24) is 14.9 Å². The molecule has 0 N–H and O–H groups in total. The van der Waals surface area contributed by atoms with Gasteiger partial charge in [0, 0.05) is 29.9 Å². The van der Waals surface area contributed by atoms with Gasteiger partial charge in [-0.3, -0.25) is 4.79 Å². The summed E-state index contributed by atoms with van der Waals surface area (Å²) in [5.74, 6) is 0.263. The summed E-state index contributed by atoms with van der Waals surface area (Å²) >= 11 is 0. The van der Waals surface area contributed by atoms with E-state index in [4.69, 9.17) is 0 Å². The number of fused-ring (bicyclic) bond motifs is 1. The van der Waals surface area contributed by atoms with Gasteiger partial charge in [0.15, 0.2) is 9.84 Å². The lowest BCUT2D eigenvalue weighted by Gasteiger charge is -2.17. The zero-order chi connectivity index (χ0) is 19.6. The van der Waals surface area contributed by atoms with Crippen LogP contribution in [0.3, 0.4) is 0 Å². The van der Waals surface area contributed by atoms with Gasteiger partial charge in [-0.05, 0) is 30.7 Å². The Labute approximate surface area is 158 Å². The molecule has 0 spiro atoms. The first-order valence-electron chi connectivity index (χ1n) is 8.47. The Bertz CT molecular complexity index is 1110. The minimum absolute atomic E-state index is 0.0924. The predicted octanol–water partition coefficient (Wildman–Crippen LogP) is 2.76. The Kier molecular flexibility index (Phi) is 5.23. The van der Waals surface area contributed by atoms with E-state index in [1.165, 1.54) is 11.2 Å². The van der Waals surface area contributed by atoms with E-state index in [0.29, 0.717) is 17.0 Å². The van der Waals surface area contributed by atoms with Crippen LogP contribution in [0.15, 0.2) is 48.5 Å². The van der Waals surface area contributed by atoms with Crippen molar-refractivity contribution in [2.75, 3.05) is 13.3 Å². The van der Waals surface area contributed by atoms with Gasteiger partial charge in [-0.25, -0.2) is 18.4 Å². The predicted molar refractivity (Wildman–Crippen MR) is 105 cm³/mol. The molecule has 1 heterocycles. The molecule has 0 aliphatic rings. The monoisotopic (exact) mass is 383 g/mol. The fourth-order valence-electron chi connectivity index (χ4n) is 2.97. The van der Waals surface area contributed by atoms with Gasteiger partial charge in [0.1, 0.15) is 5.82 Å². The number of amides is 1. The van der Waals surface area contributed by atoms with E-state index >= 15 is 0 Å². The highest BCUT2D eigenvalue weighted by Gasteiger charge is 2.15. The van der Waals surface area contributed by atoms with Crippen molar-refractivity contribution in [3.8, 4) is 0 Å². The highest BCUT2D eigenvalue weighted by molar-refractivity contribution is 7.89.